The first-order valence-electron chi connectivity index (χ1n) is 8.98. The lowest BCUT2D eigenvalue weighted by molar-refractivity contribution is 0.0949. The molecule has 1 amide bonds. The normalized spacial score (nSPS) is 12.1. The lowest BCUT2D eigenvalue weighted by Crippen LogP contribution is -2.25. The Balaban J connectivity index is 1.81. The van der Waals surface area contributed by atoms with Crippen molar-refractivity contribution in [2.75, 3.05) is 7.11 Å². The molecule has 0 spiro atoms. The molecule has 5 nitrogen and oxygen atoms in total. The number of imidazole rings is 1. The Morgan fingerprint density at radius 1 is 1.23 bits per heavy atom. The minimum Gasteiger partial charge on any atom is -0.497 e. The second kappa shape index (κ2) is 8.04. The van der Waals surface area contributed by atoms with E-state index in [1.165, 1.54) is 0 Å². The number of nitrogens with one attached hydrogen (secondary N) is 1. The second-order valence-corrected chi connectivity index (χ2v) is 6.56. The Morgan fingerprint density at radius 2 is 2.04 bits per heavy atom. The van der Waals surface area contributed by atoms with Crippen LogP contribution in [0.4, 0.5) is 0 Å². The van der Waals surface area contributed by atoms with Crippen LogP contribution in [0.2, 0.25) is 0 Å². The third-order valence-electron chi connectivity index (χ3n) is 4.66. The van der Waals surface area contributed by atoms with Gasteiger partial charge in [0, 0.05) is 12.1 Å². The summed E-state index contributed by atoms with van der Waals surface area (Å²) in [4.78, 5) is 17.2. The molecule has 3 rings (SSSR count). The number of para-hydroxylation sites is 2. The fourth-order valence-electron chi connectivity index (χ4n) is 2.93. The molecule has 0 radical (unpaired) electrons. The first-order valence-corrected chi connectivity index (χ1v) is 8.98. The minimum atomic E-state index is -0.133. The Morgan fingerprint density at radius 3 is 2.81 bits per heavy atom. The van der Waals surface area contributed by atoms with Gasteiger partial charge in [0.05, 0.1) is 24.7 Å². The fourth-order valence-corrected chi connectivity index (χ4v) is 2.93. The lowest BCUT2D eigenvalue weighted by atomic mass is 10.1. The van der Waals surface area contributed by atoms with Crippen molar-refractivity contribution in [3.63, 3.8) is 0 Å². The van der Waals surface area contributed by atoms with Gasteiger partial charge in [-0.05, 0) is 36.2 Å². The van der Waals surface area contributed by atoms with Crippen molar-refractivity contribution < 1.29 is 9.53 Å². The molecule has 0 aliphatic rings. The largest absolute Gasteiger partial charge is 0.497 e. The highest BCUT2D eigenvalue weighted by Gasteiger charge is 2.14. The number of rotatable bonds is 7. The number of carbonyl (C=O) groups excluding carboxylic acids is 1. The summed E-state index contributed by atoms with van der Waals surface area (Å²) >= 11 is 0. The van der Waals surface area contributed by atoms with E-state index in [9.17, 15) is 4.79 Å². The quantitative estimate of drug-likeness (QED) is 0.699. The van der Waals surface area contributed by atoms with Crippen LogP contribution in [0.15, 0.2) is 48.5 Å². The Bertz CT molecular complexity index is 901. The average Bonchev–Trinajstić information content (AvgIpc) is 3.03. The molecule has 1 aromatic heterocycles. The van der Waals surface area contributed by atoms with E-state index in [2.05, 4.69) is 29.8 Å². The molecule has 0 saturated heterocycles. The van der Waals surface area contributed by atoms with Gasteiger partial charge in [-0.2, -0.15) is 0 Å². The molecule has 3 aromatic rings. The zero-order valence-electron chi connectivity index (χ0n) is 15.5. The molecular formula is C21H25N3O2. The van der Waals surface area contributed by atoms with Gasteiger partial charge >= 0.3 is 0 Å². The maximum absolute atomic E-state index is 12.5. The van der Waals surface area contributed by atoms with E-state index in [0.717, 1.165) is 29.8 Å². The summed E-state index contributed by atoms with van der Waals surface area (Å²) in [5, 5.41) is 2.98. The zero-order valence-corrected chi connectivity index (χ0v) is 15.5. The summed E-state index contributed by atoms with van der Waals surface area (Å²) in [7, 11) is 1.59. The van der Waals surface area contributed by atoms with Crippen LogP contribution in [0.3, 0.4) is 0 Å². The first kappa shape index (κ1) is 18.0. The van der Waals surface area contributed by atoms with Crippen molar-refractivity contribution in [3.8, 4) is 5.75 Å². The second-order valence-electron chi connectivity index (χ2n) is 6.56. The van der Waals surface area contributed by atoms with E-state index in [1.807, 2.05) is 30.3 Å². The number of ether oxygens (including phenoxy) is 1. The number of carbonyl (C=O) groups is 1. The minimum absolute atomic E-state index is 0.133. The summed E-state index contributed by atoms with van der Waals surface area (Å²) in [6.07, 6.45) is 1.10. The predicted molar refractivity (Wildman–Crippen MR) is 103 cm³/mol. The molecule has 1 N–H and O–H groups in total. The number of methoxy groups -OCH3 is 1. The van der Waals surface area contributed by atoms with Crippen LogP contribution in [0.5, 0.6) is 5.75 Å². The zero-order chi connectivity index (χ0) is 18.5. The molecule has 5 heteroatoms. The summed E-state index contributed by atoms with van der Waals surface area (Å²) in [6.45, 7) is 5.70. The number of hydrogen-bond acceptors (Lipinski definition) is 3. The standard InChI is InChI=1S/C21H25N3O2/c1-4-15(2)14-24-19-11-6-5-10-18(19)23-20(24)13-22-21(25)16-8-7-9-17(12-16)26-3/h5-12,15H,4,13-14H2,1-3H3,(H,22,25). The Kier molecular flexibility index (Phi) is 5.56. The highest BCUT2D eigenvalue weighted by molar-refractivity contribution is 5.94. The lowest BCUT2D eigenvalue weighted by Gasteiger charge is -2.14. The monoisotopic (exact) mass is 351 g/mol. The van der Waals surface area contributed by atoms with Gasteiger partial charge in [-0.25, -0.2) is 4.98 Å². The molecule has 0 fully saturated rings. The summed E-state index contributed by atoms with van der Waals surface area (Å²) < 4.78 is 7.40. The van der Waals surface area contributed by atoms with Gasteiger partial charge in [0.25, 0.3) is 5.91 Å². The summed E-state index contributed by atoms with van der Waals surface area (Å²) in [5.74, 6) is 1.95. The van der Waals surface area contributed by atoms with E-state index in [-0.39, 0.29) is 5.91 Å². The van der Waals surface area contributed by atoms with Crippen LogP contribution in [0.25, 0.3) is 11.0 Å². The van der Waals surface area contributed by atoms with E-state index >= 15 is 0 Å². The maximum Gasteiger partial charge on any atom is 0.251 e. The van der Waals surface area contributed by atoms with Gasteiger partial charge in [0.1, 0.15) is 11.6 Å². The van der Waals surface area contributed by atoms with Crippen molar-refractivity contribution >= 4 is 16.9 Å². The fraction of sp³-hybridized carbons (Fsp3) is 0.333. The molecule has 0 bridgehead atoms. The van der Waals surface area contributed by atoms with Gasteiger partial charge in [-0.15, -0.1) is 0 Å². The van der Waals surface area contributed by atoms with E-state index < -0.39 is 0 Å². The van der Waals surface area contributed by atoms with Gasteiger partial charge in [-0.1, -0.05) is 38.5 Å². The van der Waals surface area contributed by atoms with E-state index in [1.54, 1.807) is 19.2 Å². The number of aromatic nitrogens is 2. The highest BCUT2D eigenvalue weighted by atomic mass is 16.5. The maximum atomic E-state index is 12.5. The first-order chi connectivity index (χ1) is 12.6. The van der Waals surface area contributed by atoms with Crippen LogP contribution in [-0.4, -0.2) is 22.6 Å². The number of hydrogen-bond donors (Lipinski definition) is 1. The molecule has 1 unspecified atom stereocenters. The number of fused-ring (bicyclic) bond motifs is 1. The Labute approximate surface area is 154 Å². The number of amides is 1. The average molecular weight is 351 g/mol. The molecule has 0 aliphatic carbocycles. The third-order valence-corrected chi connectivity index (χ3v) is 4.66. The molecule has 136 valence electrons. The smallest absolute Gasteiger partial charge is 0.251 e. The van der Waals surface area contributed by atoms with Crippen molar-refractivity contribution in [3.05, 3.63) is 59.9 Å². The molecule has 2 aromatic carbocycles. The molecule has 0 aliphatic heterocycles. The van der Waals surface area contributed by atoms with Crippen molar-refractivity contribution in [1.82, 2.24) is 14.9 Å². The van der Waals surface area contributed by atoms with Crippen molar-refractivity contribution in [2.24, 2.45) is 5.92 Å². The predicted octanol–water partition coefficient (Wildman–Crippen LogP) is 4.02. The molecule has 0 saturated carbocycles. The van der Waals surface area contributed by atoms with Crippen LogP contribution in [0, 0.1) is 5.92 Å². The summed E-state index contributed by atoms with van der Waals surface area (Å²) in [5.41, 5.74) is 2.65. The van der Waals surface area contributed by atoms with Gasteiger partial charge in [0.15, 0.2) is 0 Å². The molecule has 1 heterocycles. The van der Waals surface area contributed by atoms with Gasteiger partial charge in [-0.3, -0.25) is 4.79 Å². The topological polar surface area (TPSA) is 56.2 Å². The van der Waals surface area contributed by atoms with Crippen LogP contribution in [0.1, 0.15) is 36.5 Å². The highest BCUT2D eigenvalue weighted by Crippen LogP contribution is 2.19. The van der Waals surface area contributed by atoms with Gasteiger partial charge in [0.2, 0.25) is 0 Å². The number of nitrogens with zero attached hydrogens (tertiary/aromatic N) is 2. The molecule has 26 heavy (non-hydrogen) atoms. The number of benzene rings is 2. The molecule has 1 atom stereocenters. The summed E-state index contributed by atoms with van der Waals surface area (Å²) in [6, 6.07) is 15.2. The van der Waals surface area contributed by atoms with Crippen LogP contribution >= 0.6 is 0 Å². The Hall–Kier alpha value is -2.82. The van der Waals surface area contributed by atoms with Crippen molar-refractivity contribution in [1.29, 1.82) is 0 Å². The van der Waals surface area contributed by atoms with Crippen molar-refractivity contribution in [2.45, 2.75) is 33.4 Å². The van der Waals surface area contributed by atoms with E-state index in [4.69, 9.17) is 9.72 Å². The van der Waals surface area contributed by atoms with Crippen LogP contribution < -0.4 is 10.1 Å². The third kappa shape index (κ3) is 3.87. The van der Waals surface area contributed by atoms with E-state index in [0.29, 0.717) is 23.8 Å². The SMILES string of the molecule is CCC(C)Cn1c(CNC(=O)c2cccc(OC)c2)nc2ccccc21. The van der Waals surface area contributed by atoms with Gasteiger partial charge < -0.3 is 14.6 Å². The molecular weight excluding hydrogens is 326 g/mol. The van der Waals surface area contributed by atoms with Crippen LogP contribution in [-0.2, 0) is 13.1 Å².